The first-order valence-corrected chi connectivity index (χ1v) is 13.6. The average molecular weight is 521 g/mol. The van der Waals surface area contributed by atoms with Gasteiger partial charge in [0.25, 0.3) is 0 Å². The largest absolute Gasteiger partial charge is 0.377 e. The predicted octanol–water partition coefficient (Wildman–Crippen LogP) is 1.75. The van der Waals surface area contributed by atoms with Crippen molar-refractivity contribution in [1.29, 1.82) is 0 Å². The Kier molecular flexibility index (Phi) is 21.5. The Balaban J connectivity index is 1.68. The van der Waals surface area contributed by atoms with E-state index in [1.165, 1.54) is 0 Å². The molecule has 1 amide bonds. The first-order valence-electron chi connectivity index (χ1n) is 13.6. The first kappa shape index (κ1) is 33.2. The molecule has 1 aliphatic heterocycles. The molecular weight excluding hydrogens is 468 g/mol. The van der Waals surface area contributed by atoms with Crippen molar-refractivity contribution in [3.05, 3.63) is 0 Å². The minimum absolute atomic E-state index is 0.00358. The number of hydrogen-bond donors (Lipinski definition) is 1. The van der Waals surface area contributed by atoms with Crippen LogP contribution in [-0.4, -0.2) is 128 Å². The topological polar surface area (TPSA) is 97.0 Å². The first-order chi connectivity index (χ1) is 17.5. The van der Waals surface area contributed by atoms with E-state index >= 15 is 0 Å². The summed E-state index contributed by atoms with van der Waals surface area (Å²) in [4.78, 5) is 13.9. The molecule has 1 saturated heterocycles. The van der Waals surface area contributed by atoms with E-state index in [0.717, 1.165) is 25.9 Å². The van der Waals surface area contributed by atoms with Crippen molar-refractivity contribution in [2.24, 2.45) is 5.92 Å². The van der Waals surface area contributed by atoms with Crippen LogP contribution >= 0.6 is 0 Å². The molecule has 1 aliphatic rings. The maximum absolute atomic E-state index is 11.4. The average Bonchev–Trinajstić information content (AvgIpc) is 2.87. The van der Waals surface area contributed by atoms with Crippen LogP contribution in [0, 0.1) is 5.92 Å². The molecule has 0 spiro atoms. The standard InChI is InChI=1S/C26H52N2O8/c1-23(2)26(29)27-7-10-30-11-12-31-13-14-32-15-16-33-17-18-34-19-20-35-21-22-36-25-5-8-28(9-6-25)24(3)4/h23-25H,5-22H2,1-4H3,(H,27,29). The van der Waals surface area contributed by atoms with Crippen LogP contribution in [0.4, 0.5) is 0 Å². The molecule has 214 valence electrons. The highest BCUT2D eigenvalue weighted by Crippen LogP contribution is 2.15. The fraction of sp³-hybridized carbons (Fsp3) is 0.962. The third-order valence-corrected chi connectivity index (χ3v) is 5.72. The Labute approximate surface area is 218 Å². The molecule has 0 unspecified atom stereocenters. The summed E-state index contributed by atoms with van der Waals surface area (Å²) >= 11 is 0. The van der Waals surface area contributed by atoms with Gasteiger partial charge in [-0.15, -0.1) is 0 Å². The summed E-state index contributed by atoms with van der Waals surface area (Å²) in [5.41, 5.74) is 0. The zero-order valence-electron chi connectivity index (χ0n) is 23.2. The van der Waals surface area contributed by atoms with Gasteiger partial charge in [0.1, 0.15) is 0 Å². The van der Waals surface area contributed by atoms with Gasteiger partial charge in [0.2, 0.25) is 5.91 Å². The van der Waals surface area contributed by atoms with Crippen LogP contribution in [0.25, 0.3) is 0 Å². The summed E-state index contributed by atoms with van der Waals surface area (Å²) in [7, 11) is 0. The van der Waals surface area contributed by atoms with Crippen molar-refractivity contribution >= 4 is 5.91 Å². The van der Waals surface area contributed by atoms with Gasteiger partial charge in [0, 0.05) is 31.6 Å². The number of nitrogens with zero attached hydrogens (tertiary/aromatic N) is 1. The number of carbonyl (C=O) groups excluding carboxylic acids is 1. The maximum Gasteiger partial charge on any atom is 0.222 e. The molecular formula is C26H52N2O8. The summed E-state index contributed by atoms with van der Waals surface area (Å²) in [6.45, 7) is 18.0. The molecule has 0 aliphatic carbocycles. The fourth-order valence-electron chi connectivity index (χ4n) is 3.48. The zero-order valence-corrected chi connectivity index (χ0v) is 23.2. The number of carbonyl (C=O) groups is 1. The molecule has 1 rings (SSSR count). The normalized spacial score (nSPS) is 15.3. The van der Waals surface area contributed by atoms with Gasteiger partial charge in [-0.25, -0.2) is 0 Å². The van der Waals surface area contributed by atoms with Crippen LogP contribution in [0.5, 0.6) is 0 Å². The Morgan fingerprint density at radius 1 is 0.667 bits per heavy atom. The third-order valence-electron chi connectivity index (χ3n) is 5.72. The van der Waals surface area contributed by atoms with Crippen molar-refractivity contribution in [2.75, 3.05) is 106 Å². The Hall–Kier alpha value is -0.850. The van der Waals surface area contributed by atoms with Crippen LogP contribution < -0.4 is 5.32 Å². The Morgan fingerprint density at radius 2 is 1.06 bits per heavy atom. The van der Waals surface area contributed by atoms with Crippen molar-refractivity contribution in [1.82, 2.24) is 10.2 Å². The highest BCUT2D eigenvalue weighted by molar-refractivity contribution is 5.77. The molecule has 10 nitrogen and oxygen atoms in total. The predicted molar refractivity (Wildman–Crippen MR) is 138 cm³/mol. The van der Waals surface area contributed by atoms with Gasteiger partial charge in [-0.05, 0) is 26.7 Å². The monoisotopic (exact) mass is 520 g/mol. The molecule has 0 aromatic rings. The van der Waals surface area contributed by atoms with E-state index in [4.69, 9.17) is 33.2 Å². The number of hydrogen-bond acceptors (Lipinski definition) is 9. The number of ether oxygens (including phenoxy) is 7. The highest BCUT2D eigenvalue weighted by atomic mass is 16.6. The van der Waals surface area contributed by atoms with E-state index in [1.54, 1.807) is 0 Å². The van der Waals surface area contributed by atoms with Crippen molar-refractivity contribution in [3.8, 4) is 0 Å². The number of rotatable bonds is 24. The molecule has 0 bridgehead atoms. The molecule has 1 N–H and O–H groups in total. The fourth-order valence-corrected chi connectivity index (χ4v) is 3.48. The molecule has 0 aromatic carbocycles. The van der Waals surface area contributed by atoms with Crippen molar-refractivity contribution in [3.63, 3.8) is 0 Å². The summed E-state index contributed by atoms with van der Waals surface area (Å²) in [5.74, 6) is 0.0365. The molecule has 0 saturated carbocycles. The summed E-state index contributed by atoms with van der Waals surface area (Å²) in [6, 6.07) is 0.624. The molecule has 0 aromatic heterocycles. The van der Waals surface area contributed by atoms with Gasteiger partial charge in [-0.3, -0.25) is 4.79 Å². The summed E-state index contributed by atoms with van der Waals surface area (Å²) in [6.07, 6.45) is 2.59. The molecule has 36 heavy (non-hydrogen) atoms. The van der Waals surface area contributed by atoms with E-state index in [9.17, 15) is 4.79 Å². The maximum atomic E-state index is 11.4. The van der Waals surface area contributed by atoms with Gasteiger partial charge in [-0.2, -0.15) is 0 Å². The van der Waals surface area contributed by atoms with Crippen LogP contribution in [-0.2, 0) is 38.0 Å². The minimum Gasteiger partial charge on any atom is -0.377 e. The lowest BCUT2D eigenvalue weighted by molar-refractivity contribution is -0.124. The second-order valence-corrected chi connectivity index (χ2v) is 9.32. The van der Waals surface area contributed by atoms with Crippen LogP contribution in [0.3, 0.4) is 0 Å². The van der Waals surface area contributed by atoms with Gasteiger partial charge >= 0.3 is 0 Å². The molecule has 10 heteroatoms. The number of amides is 1. The van der Waals surface area contributed by atoms with Crippen LogP contribution in [0.2, 0.25) is 0 Å². The quantitative estimate of drug-likeness (QED) is 0.191. The van der Waals surface area contributed by atoms with E-state index < -0.39 is 0 Å². The van der Waals surface area contributed by atoms with Crippen LogP contribution in [0.15, 0.2) is 0 Å². The van der Waals surface area contributed by atoms with Gasteiger partial charge in [0.05, 0.1) is 92.0 Å². The van der Waals surface area contributed by atoms with Crippen molar-refractivity contribution < 1.29 is 38.0 Å². The Morgan fingerprint density at radius 3 is 1.44 bits per heavy atom. The second-order valence-electron chi connectivity index (χ2n) is 9.32. The molecule has 0 atom stereocenters. The SMILES string of the molecule is CC(C)C(=O)NCCOCCOCCOCCOCCOCCOCCOC1CCN(C(C)C)CC1. The second kappa shape index (κ2) is 23.3. The molecule has 1 fully saturated rings. The lowest BCUT2D eigenvalue weighted by atomic mass is 10.1. The van der Waals surface area contributed by atoms with Crippen molar-refractivity contribution in [2.45, 2.75) is 52.7 Å². The van der Waals surface area contributed by atoms with Gasteiger partial charge in [-0.1, -0.05) is 13.8 Å². The number of likely N-dealkylation sites (tertiary alicyclic amines) is 1. The van der Waals surface area contributed by atoms with Gasteiger partial charge < -0.3 is 43.4 Å². The molecule has 0 radical (unpaired) electrons. The van der Waals surface area contributed by atoms with E-state index in [2.05, 4.69) is 24.1 Å². The summed E-state index contributed by atoms with van der Waals surface area (Å²) in [5, 5.41) is 2.80. The highest BCUT2D eigenvalue weighted by Gasteiger charge is 2.20. The van der Waals surface area contributed by atoms with E-state index in [1.807, 2.05) is 13.8 Å². The summed E-state index contributed by atoms with van der Waals surface area (Å²) < 4.78 is 38.7. The minimum atomic E-state index is -0.00358. The lowest BCUT2D eigenvalue weighted by Gasteiger charge is -2.34. The Bertz CT molecular complexity index is 502. The number of piperidine rings is 1. The number of nitrogens with one attached hydrogen (secondary N) is 1. The van der Waals surface area contributed by atoms with Gasteiger partial charge in [0.15, 0.2) is 0 Å². The third kappa shape index (κ3) is 19.3. The zero-order chi connectivity index (χ0) is 26.3. The lowest BCUT2D eigenvalue weighted by Crippen LogP contribution is -2.41. The van der Waals surface area contributed by atoms with E-state index in [-0.39, 0.29) is 11.8 Å². The molecule has 1 heterocycles. The smallest absolute Gasteiger partial charge is 0.222 e. The van der Waals surface area contributed by atoms with E-state index in [0.29, 0.717) is 105 Å². The van der Waals surface area contributed by atoms with Crippen LogP contribution in [0.1, 0.15) is 40.5 Å².